The van der Waals surface area contributed by atoms with E-state index in [-0.39, 0.29) is 154 Å². The van der Waals surface area contributed by atoms with Crippen LogP contribution in [-0.4, -0.2) is 278 Å². The SMILES string of the molecule is COc1ccc(C(OCC(OC(=O)CCC(C)=O)C(=O)N(CCCNC(=O)CCCCO[C@@H]2OC(COC(C)=O)[C@H](OC(C)=O)[C@H](C)C2NC(C)=O)CCCN(CCNC(=O)CCCCO[C@@H]2OC(COC(C)=O)[C@H](OC(C)=O)[C@H](C)C2NC(C)=O)C(=O)CCCCO[C@@H]2OC(COC(C)=O)[C@H](OC(C)=O)[C@H](C)C2NC(C)=O)(c2ccccc2)c2ccc(OC)cc2)cc1. The minimum atomic E-state index is -1.71. The summed E-state index contributed by atoms with van der Waals surface area (Å²) in [6.45, 7) is 16.1. The fourth-order valence-corrected chi connectivity index (χ4v) is 15.4. The van der Waals surface area contributed by atoms with Gasteiger partial charge in [0.1, 0.15) is 79.3 Å². The molecule has 716 valence electrons. The summed E-state index contributed by atoms with van der Waals surface area (Å²) in [6, 6.07) is 21.0. The van der Waals surface area contributed by atoms with Gasteiger partial charge in [-0.05, 0) is 99.2 Å². The number of hydrogen-bond donors (Lipinski definition) is 5. The van der Waals surface area contributed by atoms with Gasteiger partial charge in [0, 0.05) is 165 Å². The van der Waals surface area contributed by atoms with Gasteiger partial charge in [-0.15, -0.1) is 0 Å². The molecule has 3 aliphatic heterocycles. The first-order valence-electron chi connectivity index (χ1n) is 43.8. The van der Waals surface area contributed by atoms with Gasteiger partial charge in [-0.1, -0.05) is 75.4 Å². The van der Waals surface area contributed by atoms with Crippen LogP contribution in [-0.2, 0) is 144 Å². The van der Waals surface area contributed by atoms with E-state index in [2.05, 4.69) is 26.6 Å². The fraction of sp³-hybridized carbons (Fsp3) is 0.637. The molecular formula is C91H131N7O31. The molecule has 5 N–H and O–H groups in total. The third-order valence-electron chi connectivity index (χ3n) is 21.8. The number of unbranched alkanes of at least 4 members (excludes halogenated alkanes) is 3. The van der Waals surface area contributed by atoms with E-state index in [4.69, 9.17) is 75.8 Å². The molecule has 7 amide bonds. The van der Waals surface area contributed by atoms with Crippen molar-refractivity contribution in [3.8, 4) is 11.5 Å². The second-order valence-electron chi connectivity index (χ2n) is 32.1. The summed E-state index contributed by atoms with van der Waals surface area (Å²) >= 11 is 0. The van der Waals surface area contributed by atoms with Crippen LogP contribution in [0, 0.1) is 17.8 Å². The van der Waals surface area contributed by atoms with Gasteiger partial charge in [-0.3, -0.25) is 67.1 Å². The number of hydrogen-bond acceptors (Lipinski definition) is 31. The van der Waals surface area contributed by atoms with Crippen molar-refractivity contribution < 1.29 is 148 Å². The summed E-state index contributed by atoms with van der Waals surface area (Å²) in [5.41, 5.74) is 0.217. The minimum Gasteiger partial charge on any atom is -0.497 e. The van der Waals surface area contributed by atoms with Crippen LogP contribution in [0.3, 0.4) is 0 Å². The summed E-state index contributed by atoms with van der Waals surface area (Å²) in [7, 11) is 3.05. The topological polar surface area (TPSA) is 470 Å². The molecule has 0 aliphatic carbocycles. The van der Waals surface area contributed by atoms with Gasteiger partial charge in [0.05, 0.1) is 45.4 Å². The standard InChI is InChI=1S/C91H131N7O31/c1-55(99)32-41-80(112)126-76(54-122-91(68-27-17-16-18-28-68,69-33-37-71(114-14)38-34-69)70-35-39-72(115-15)40-36-70)87(113)98(44-25-42-92-77(109)29-19-22-48-116-88-81(94-59(5)100)56(2)84(123-65(11)106)73(127-88)51-119-62(8)103)46-26-45-97(79(111)31-21-24-50-118-90-83(96-61(7)102)58(4)86(125-67(13)108)75(129-90)53-121-64(10)105)47-43-93-78(110)30-20-23-49-117-89-82(95-60(6)101)57(3)85(124-66(12)107)74(128-89)52-120-63(9)104/h16-18,27-28,33-40,56-58,73-76,81-86,88-90H,19-26,29-32,41-54H2,1-15H3,(H,92,109)(H,93,110)(H,94,100)(H,95,101)(H,96,102)/t56-,57-,58-,73?,74?,75?,76?,81?,82?,83?,84-,85-,86-,88-,89-,90-/m1/s1. The number of ether oxygens (including phenoxy) is 16. The van der Waals surface area contributed by atoms with Crippen molar-refractivity contribution >= 4 is 88.9 Å². The van der Waals surface area contributed by atoms with Gasteiger partial charge in [-0.2, -0.15) is 0 Å². The third kappa shape index (κ3) is 35.9. The Kier molecular flexibility index (Phi) is 45.9. The number of esters is 7. The molecule has 0 radical (unpaired) electrons. The van der Waals surface area contributed by atoms with Crippen LogP contribution in [0.5, 0.6) is 11.5 Å². The molecule has 0 bridgehead atoms. The smallest absolute Gasteiger partial charge is 0.307 e. The van der Waals surface area contributed by atoms with Gasteiger partial charge in [0.15, 0.2) is 18.9 Å². The van der Waals surface area contributed by atoms with Gasteiger partial charge in [0.25, 0.3) is 5.91 Å². The van der Waals surface area contributed by atoms with Crippen LogP contribution in [0.1, 0.15) is 190 Å². The molecule has 16 atom stereocenters. The fourth-order valence-electron chi connectivity index (χ4n) is 15.4. The average Bonchev–Trinajstić information content (AvgIpc) is 0.752. The summed E-state index contributed by atoms with van der Waals surface area (Å²) < 4.78 is 94.2. The predicted molar refractivity (Wildman–Crippen MR) is 459 cm³/mol. The lowest BCUT2D eigenvalue weighted by atomic mass is 9.80. The first-order valence-corrected chi connectivity index (χ1v) is 43.8. The number of ketones is 1. The zero-order chi connectivity index (χ0) is 94.9. The lowest BCUT2D eigenvalue weighted by molar-refractivity contribution is -0.262. The van der Waals surface area contributed by atoms with Crippen molar-refractivity contribution in [2.45, 2.75) is 259 Å². The Labute approximate surface area is 753 Å². The van der Waals surface area contributed by atoms with E-state index in [1.54, 1.807) is 45.0 Å². The van der Waals surface area contributed by atoms with Crippen molar-refractivity contribution in [3.63, 3.8) is 0 Å². The maximum Gasteiger partial charge on any atom is 0.307 e. The number of carbonyl (C=O) groups is 15. The molecule has 3 aromatic carbocycles. The average molecular weight is 1820 g/mol. The zero-order valence-corrected chi connectivity index (χ0v) is 76.7. The molecule has 3 aliphatic rings. The number of nitrogens with zero attached hydrogens (tertiary/aromatic N) is 2. The van der Waals surface area contributed by atoms with Crippen molar-refractivity contribution in [2.24, 2.45) is 17.8 Å². The summed E-state index contributed by atoms with van der Waals surface area (Å²) in [4.78, 5) is 198. The van der Waals surface area contributed by atoms with Crippen LogP contribution in [0.25, 0.3) is 0 Å². The molecule has 38 nitrogen and oxygen atoms in total. The van der Waals surface area contributed by atoms with Gasteiger partial charge >= 0.3 is 41.8 Å². The number of carbonyl (C=O) groups excluding carboxylic acids is 15. The quantitative estimate of drug-likeness (QED) is 0.0198. The highest BCUT2D eigenvalue weighted by Crippen LogP contribution is 2.43. The van der Waals surface area contributed by atoms with Gasteiger partial charge in [-0.25, -0.2) is 0 Å². The third-order valence-corrected chi connectivity index (χ3v) is 21.8. The number of methoxy groups -OCH3 is 2. The number of benzene rings is 3. The maximum atomic E-state index is 15.9. The van der Waals surface area contributed by atoms with E-state index < -0.39 is 182 Å². The second kappa shape index (κ2) is 55.3. The van der Waals surface area contributed by atoms with Crippen LogP contribution in [0.4, 0.5) is 0 Å². The molecule has 3 aromatic rings. The summed E-state index contributed by atoms with van der Waals surface area (Å²) in [5.74, 6) is -8.65. The van der Waals surface area contributed by atoms with Gasteiger partial charge < -0.3 is 117 Å². The highest BCUT2D eigenvalue weighted by atomic mass is 16.7. The molecule has 0 saturated carbocycles. The first kappa shape index (κ1) is 107. The normalized spacial score (nSPS) is 22.0. The van der Waals surface area contributed by atoms with E-state index >= 15 is 4.79 Å². The Bertz CT molecular complexity index is 4090. The number of rotatable bonds is 54. The molecule has 0 spiro atoms. The molecule has 0 aromatic heterocycles. The Hall–Kier alpha value is -10.8. The lowest BCUT2D eigenvalue weighted by Gasteiger charge is -2.44. The van der Waals surface area contributed by atoms with Crippen molar-refractivity contribution in [3.05, 3.63) is 95.6 Å². The van der Waals surface area contributed by atoms with Crippen LogP contribution < -0.4 is 36.1 Å². The van der Waals surface area contributed by atoms with E-state index in [9.17, 15) is 67.1 Å². The van der Waals surface area contributed by atoms with Crippen LogP contribution >= 0.6 is 0 Å². The molecule has 3 saturated heterocycles. The number of amides is 7. The van der Waals surface area contributed by atoms with Crippen LogP contribution in [0.2, 0.25) is 0 Å². The molecule has 3 heterocycles. The molecule has 3 fully saturated rings. The Morgan fingerprint density at radius 2 is 0.775 bits per heavy atom. The minimum absolute atomic E-state index is 0.00566. The van der Waals surface area contributed by atoms with E-state index in [0.717, 1.165) is 0 Å². The van der Waals surface area contributed by atoms with Crippen molar-refractivity contribution in [1.29, 1.82) is 0 Å². The highest BCUT2D eigenvalue weighted by molar-refractivity contribution is 5.86. The largest absolute Gasteiger partial charge is 0.497 e. The Balaban J connectivity index is 1.27. The van der Waals surface area contributed by atoms with Gasteiger partial charge in [0.2, 0.25) is 41.5 Å². The molecule has 6 rings (SSSR count). The second-order valence-corrected chi connectivity index (χ2v) is 32.1. The van der Waals surface area contributed by atoms with Crippen LogP contribution in [0.15, 0.2) is 78.9 Å². The molecular weight excluding hydrogens is 1690 g/mol. The number of nitrogens with one attached hydrogen (secondary N) is 5. The van der Waals surface area contributed by atoms with Crippen molar-refractivity contribution in [2.75, 3.05) is 99.7 Å². The first-order chi connectivity index (χ1) is 61.4. The predicted octanol–water partition coefficient (Wildman–Crippen LogP) is 5.61. The molecule has 129 heavy (non-hydrogen) atoms. The monoisotopic (exact) mass is 1820 g/mol. The summed E-state index contributed by atoms with van der Waals surface area (Å²) in [6.07, 6.45) is -9.32. The highest BCUT2D eigenvalue weighted by Gasteiger charge is 2.51. The Morgan fingerprint density at radius 1 is 0.403 bits per heavy atom. The molecule has 38 heteroatoms. The van der Waals surface area contributed by atoms with E-state index in [0.29, 0.717) is 53.9 Å². The number of Topliss-reactive ketones (excluding diaryl/α,β-unsaturated/α-hetero) is 1. The van der Waals surface area contributed by atoms with E-state index in [1.165, 1.54) is 93.3 Å². The Morgan fingerprint density at radius 3 is 1.15 bits per heavy atom. The lowest BCUT2D eigenvalue weighted by Crippen LogP contribution is -2.62. The molecule has 7 unspecified atom stereocenters. The van der Waals surface area contributed by atoms with Crippen molar-refractivity contribution in [1.82, 2.24) is 36.4 Å². The summed E-state index contributed by atoms with van der Waals surface area (Å²) in [5, 5.41) is 14.3. The zero-order valence-electron chi connectivity index (χ0n) is 76.7. The maximum absolute atomic E-state index is 15.9. The van der Waals surface area contributed by atoms with E-state index in [1.807, 2.05) is 54.6 Å².